The van der Waals surface area contributed by atoms with Crippen molar-refractivity contribution in [1.82, 2.24) is 15.1 Å². The van der Waals surface area contributed by atoms with Crippen LogP contribution in [0, 0.1) is 6.92 Å². The minimum atomic E-state index is -0.0857. The van der Waals surface area contributed by atoms with Gasteiger partial charge in [-0.15, -0.1) is 0 Å². The second-order valence-corrected chi connectivity index (χ2v) is 5.49. The lowest BCUT2D eigenvalue weighted by Gasteiger charge is -2.20. The number of aliphatic hydroxyl groups excluding tert-OH is 1. The number of amides is 1. The van der Waals surface area contributed by atoms with Crippen LogP contribution in [-0.4, -0.2) is 45.3 Å². The van der Waals surface area contributed by atoms with Gasteiger partial charge >= 0.3 is 0 Å². The van der Waals surface area contributed by atoms with Crippen molar-refractivity contribution >= 4 is 5.91 Å². The second kappa shape index (κ2) is 5.69. The van der Waals surface area contributed by atoms with Crippen LogP contribution < -0.4 is 0 Å². The van der Waals surface area contributed by atoms with E-state index in [4.69, 9.17) is 5.11 Å². The lowest BCUT2D eigenvalue weighted by atomic mass is 10.1. The van der Waals surface area contributed by atoms with Crippen molar-refractivity contribution < 1.29 is 9.90 Å². The van der Waals surface area contributed by atoms with E-state index in [-0.39, 0.29) is 18.6 Å². The second-order valence-electron chi connectivity index (χ2n) is 5.49. The van der Waals surface area contributed by atoms with Crippen LogP contribution in [0.15, 0.2) is 30.3 Å². The van der Waals surface area contributed by atoms with Crippen molar-refractivity contribution in [3.63, 3.8) is 0 Å². The van der Waals surface area contributed by atoms with Crippen LogP contribution in [-0.2, 0) is 0 Å². The van der Waals surface area contributed by atoms with Gasteiger partial charge in [0.05, 0.1) is 12.3 Å². The first-order chi connectivity index (χ1) is 10.2. The SMILES string of the molecule is Cc1ccc(-c2cc(C(=O)N(CCO)C3CC3)[nH]n2)cc1. The van der Waals surface area contributed by atoms with Crippen LogP contribution in [0.5, 0.6) is 0 Å². The molecule has 0 spiro atoms. The average Bonchev–Trinajstić information content (AvgIpc) is 3.21. The molecule has 1 aliphatic rings. The number of nitrogens with one attached hydrogen (secondary N) is 1. The summed E-state index contributed by atoms with van der Waals surface area (Å²) in [6.07, 6.45) is 2.04. The van der Waals surface area contributed by atoms with Gasteiger partial charge in [-0.2, -0.15) is 5.10 Å². The highest BCUT2D eigenvalue weighted by Gasteiger charge is 2.33. The van der Waals surface area contributed by atoms with E-state index in [1.807, 2.05) is 31.2 Å². The standard InChI is InChI=1S/C16H19N3O2/c1-11-2-4-12(5-3-11)14-10-15(18-17-14)16(21)19(8-9-20)13-6-7-13/h2-5,10,13,20H,6-9H2,1H3,(H,17,18). The molecule has 5 heteroatoms. The summed E-state index contributed by atoms with van der Waals surface area (Å²) >= 11 is 0. The lowest BCUT2D eigenvalue weighted by Crippen LogP contribution is -2.35. The Morgan fingerprint density at radius 1 is 1.38 bits per heavy atom. The van der Waals surface area contributed by atoms with Crippen molar-refractivity contribution in [3.05, 3.63) is 41.6 Å². The van der Waals surface area contributed by atoms with Crippen LogP contribution in [0.1, 0.15) is 28.9 Å². The molecule has 0 aliphatic heterocycles. The van der Waals surface area contributed by atoms with Gasteiger partial charge in [-0.1, -0.05) is 29.8 Å². The first-order valence-corrected chi connectivity index (χ1v) is 7.23. The molecule has 2 N–H and O–H groups in total. The molecule has 1 saturated carbocycles. The predicted molar refractivity (Wildman–Crippen MR) is 79.9 cm³/mol. The third kappa shape index (κ3) is 2.97. The summed E-state index contributed by atoms with van der Waals surface area (Å²) in [5.74, 6) is -0.0857. The van der Waals surface area contributed by atoms with Crippen molar-refractivity contribution in [2.75, 3.05) is 13.2 Å². The van der Waals surface area contributed by atoms with E-state index in [9.17, 15) is 4.79 Å². The number of aryl methyl sites for hydroxylation is 1. The molecule has 2 aromatic rings. The number of aromatic amines is 1. The van der Waals surface area contributed by atoms with Crippen LogP contribution in [0.3, 0.4) is 0 Å². The van der Waals surface area contributed by atoms with Gasteiger partial charge in [0.25, 0.3) is 5.91 Å². The Bertz CT molecular complexity index is 629. The van der Waals surface area contributed by atoms with Crippen LogP contribution in [0.4, 0.5) is 0 Å². The molecule has 3 rings (SSSR count). The Morgan fingerprint density at radius 2 is 2.10 bits per heavy atom. The average molecular weight is 285 g/mol. The van der Waals surface area contributed by atoms with Gasteiger partial charge in [0.2, 0.25) is 0 Å². The van der Waals surface area contributed by atoms with Crippen molar-refractivity contribution in [2.24, 2.45) is 0 Å². The molecule has 0 atom stereocenters. The number of carbonyl (C=O) groups is 1. The fourth-order valence-corrected chi connectivity index (χ4v) is 2.40. The number of aromatic nitrogens is 2. The minimum Gasteiger partial charge on any atom is -0.395 e. The predicted octanol–water partition coefficient (Wildman–Crippen LogP) is 1.98. The monoisotopic (exact) mass is 285 g/mol. The molecule has 0 saturated heterocycles. The van der Waals surface area contributed by atoms with Gasteiger partial charge in [0.15, 0.2) is 0 Å². The number of hydrogen-bond donors (Lipinski definition) is 2. The van der Waals surface area contributed by atoms with Crippen LogP contribution >= 0.6 is 0 Å². The van der Waals surface area contributed by atoms with Gasteiger partial charge in [-0.3, -0.25) is 9.89 Å². The fourth-order valence-electron chi connectivity index (χ4n) is 2.40. The molecule has 1 heterocycles. The summed E-state index contributed by atoms with van der Waals surface area (Å²) in [5.41, 5.74) is 3.41. The number of benzene rings is 1. The zero-order chi connectivity index (χ0) is 14.8. The first-order valence-electron chi connectivity index (χ1n) is 7.23. The highest BCUT2D eigenvalue weighted by Crippen LogP contribution is 2.28. The zero-order valence-electron chi connectivity index (χ0n) is 12.0. The Hall–Kier alpha value is -2.14. The fraction of sp³-hybridized carbons (Fsp3) is 0.375. The zero-order valence-corrected chi connectivity index (χ0v) is 12.0. The summed E-state index contributed by atoms with van der Waals surface area (Å²) < 4.78 is 0. The highest BCUT2D eigenvalue weighted by atomic mass is 16.3. The van der Waals surface area contributed by atoms with E-state index in [2.05, 4.69) is 10.2 Å². The largest absolute Gasteiger partial charge is 0.395 e. The van der Waals surface area contributed by atoms with Crippen LogP contribution in [0.2, 0.25) is 0 Å². The van der Waals surface area contributed by atoms with Gasteiger partial charge in [0, 0.05) is 18.2 Å². The molecule has 1 fully saturated rings. The van der Waals surface area contributed by atoms with Gasteiger partial charge in [-0.05, 0) is 25.8 Å². The maximum absolute atomic E-state index is 12.5. The molecule has 0 unspecified atom stereocenters. The normalized spacial score (nSPS) is 14.2. The Labute approximate surface area is 123 Å². The molecule has 0 radical (unpaired) electrons. The lowest BCUT2D eigenvalue weighted by molar-refractivity contribution is 0.0701. The Kier molecular flexibility index (Phi) is 3.75. The van der Waals surface area contributed by atoms with Crippen LogP contribution in [0.25, 0.3) is 11.3 Å². The van der Waals surface area contributed by atoms with E-state index >= 15 is 0 Å². The number of H-pyrrole nitrogens is 1. The quantitative estimate of drug-likeness (QED) is 0.882. The molecule has 110 valence electrons. The minimum absolute atomic E-state index is 0.0127. The van der Waals surface area contributed by atoms with Crippen molar-refractivity contribution in [3.8, 4) is 11.3 Å². The topological polar surface area (TPSA) is 69.2 Å². The summed E-state index contributed by atoms with van der Waals surface area (Å²) in [4.78, 5) is 14.2. The third-order valence-corrected chi connectivity index (χ3v) is 3.75. The van der Waals surface area contributed by atoms with E-state index in [1.54, 1.807) is 11.0 Å². The molecule has 1 aromatic carbocycles. The molecule has 1 aromatic heterocycles. The van der Waals surface area contributed by atoms with Gasteiger partial charge in [0.1, 0.15) is 5.69 Å². The van der Waals surface area contributed by atoms with Crippen molar-refractivity contribution in [2.45, 2.75) is 25.8 Å². The van der Waals surface area contributed by atoms with E-state index in [0.717, 1.165) is 24.1 Å². The summed E-state index contributed by atoms with van der Waals surface area (Å²) in [5, 5.41) is 16.1. The third-order valence-electron chi connectivity index (χ3n) is 3.75. The summed E-state index contributed by atoms with van der Waals surface area (Å²) in [6.45, 7) is 2.40. The Morgan fingerprint density at radius 3 is 2.71 bits per heavy atom. The van der Waals surface area contributed by atoms with E-state index in [1.165, 1.54) is 5.56 Å². The number of carbonyl (C=O) groups excluding carboxylic acids is 1. The number of hydrogen-bond acceptors (Lipinski definition) is 3. The number of rotatable bonds is 5. The molecule has 0 bridgehead atoms. The summed E-state index contributed by atoms with van der Waals surface area (Å²) in [6, 6.07) is 10.1. The molecule has 5 nitrogen and oxygen atoms in total. The number of nitrogens with zero attached hydrogens (tertiary/aromatic N) is 2. The smallest absolute Gasteiger partial charge is 0.272 e. The Balaban J connectivity index is 1.80. The van der Waals surface area contributed by atoms with Gasteiger partial charge < -0.3 is 10.0 Å². The first kappa shape index (κ1) is 13.8. The van der Waals surface area contributed by atoms with Crippen molar-refractivity contribution in [1.29, 1.82) is 0 Å². The van der Waals surface area contributed by atoms with E-state index < -0.39 is 0 Å². The molecular formula is C16H19N3O2. The van der Waals surface area contributed by atoms with E-state index in [0.29, 0.717) is 12.2 Å². The van der Waals surface area contributed by atoms with Gasteiger partial charge in [-0.25, -0.2) is 0 Å². The summed E-state index contributed by atoms with van der Waals surface area (Å²) in [7, 11) is 0. The number of aliphatic hydroxyl groups is 1. The molecule has 1 amide bonds. The highest BCUT2D eigenvalue weighted by molar-refractivity contribution is 5.93. The molecule has 1 aliphatic carbocycles. The molecular weight excluding hydrogens is 266 g/mol. The maximum Gasteiger partial charge on any atom is 0.272 e. The maximum atomic E-state index is 12.5. The molecule has 21 heavy (non-hydrogen) atoms.